The van der Waals surface area contributed by atoms with E-state index >= 15 is 0 Å². The molecular weight excluding hydrogens is 328 g/mol. The third-order valence-electron chi connectivity index (χ3n) is 4.94. The number of aromatic hydroxyl groups is 2. The van der Waals surface area contributed by atoms with Gasteiger partial charge in [0.1, 0.15) is 17.2 Å². The highest BCUT2D eigenvalue weighted by Crippen LogP contribution is 2.30. The first kappa shape index (κ1) is 19.9. The molecule has 0 fully saturated rings. The molecule has 0 spiro atoms. The standard InChI is InChI=1S/C22H28O4/c1-14-12-21(26-5)16(3)15(2)19(14)9-11-22(4,25)10-8-17-13-18(23)6-7-20(17)24/h6-8,10,12-13,23-25H,9,11H2,1-5H3/b10-8+. The molecule has 0 heterocycles. The van der Waals surface area contributed by atoms with Gasteiger partial charge in [-0.05, 0) is 87.1 Å². The van der Waals surface area contributed by atoms with Gasteiger partial charge in [-0.1, -0.05) is 12.2 Å². The van der Waals surface area contributed by atoms with Crippen molar-refractivity contribution in [3.05, 3.63) is 58.2 Å². The summed E-state index contributed by atoms with van der Waals surface area (Å²) in [6.07, 6.45) is 4.55. The molecular formula is C22H28O4. The van der Waals surface area contributed by atoms with Gasteiger partial charge in [0.05, 0.1) is 12.7 Å². The van der Waals surface area contributed by atoms with Crippen LogP contribution in [0.15, 0.2) is 30.3 Å². The molecule has 0 aromatic heterocycles. The van der Waals surface area contributed by atoms with E-state index in [4.69, 9.17) is 4.74 Å². The van der Waals surface area contributed by atoms with E-state index < -0.39 is 5.60 Å². The highest BCUT2D eigenvalue weighted by atomic mass is 16.5. The van der Waals surface area contributed by atoms with Crippen molar-refractivity contribution in [2.45, 2.75) is 46.1 Å². The Hall–Kier alpha value is -2.46. The molecule has 0 aliphatic carbocycles. The Morgan fingerprint density at radius 1 is 1.08 bits per heavy atom. The minimum Gasteiger partial charge on any atom is -0.508 e. The first-order valence-electron chi connectivity index (χ1n) is 8.72. The van der Waals surface area contributed by atoms with Crippen molar-refractivity contribution >= 4 is 6.08 Å². The van der Waals surface area contributed by atoms with Crippen LogP contribution >= 0.6 is 0 Å². The number of ether oxygens (including phenoxy) is 1. The summed E-state index contributed by atoms with van der Waals surface area (Å²) in [5.41, 5.74) is 4.11. The normalized spacial score (nSPS) is 13.8. The van der Waals surface area contributed by atoms with Crippen LogP contribution in [0.25, 0.3) is 6.08 Å². The molecule has 0 aliphatic rings. The van der Waals surface area contributed by atoms with E-state index in [1.165, 1.54) is 29.3 Å². The SMILES string of the molecule is COc1cc(C)c(CCC(C)(O)/C=C/c2cc(O)ccc2O)c(C)c1C. The molecule has 2 aromatic carbocycles. The number of benzene rings is 2. The lowest BCUT2D eigenvalue weighted by Crippen LogP contribution is -2.22. The second-order valence-electron chi connectivity index (χ2n) is 7.06. The molecule has 0 saturated heterocycles. The molecule has 1 unspecified atom stereocenters. The minimum atomic E-state index is -1.04. The van der Waals surface area contributed by atoms with Gasteiger partial charge in [0.2, 0.25) is 0 Å². The van der Waals surface area contributed by atoms with E-state index in [1.54, 1.807) is 26.2 Å². The molecule has 0 amide bonds. The van der Waals surface area contributed by atoms with Gasteiger partial charge in [-0.15, -0.1) is 0 Å². The van der Waals surface area contributed by atoms with Crippen molar-refractivity contribution in [3.63, 3.8) is 0 Å². The van der Waals surface area contributed by atoms with Gasteiger partial charge in [-0.3, -0.25) is 0 Å². The van der Waals surface area contributed by atoms with Crippen molar-refractivity contribution in [2.24, 2.45) is 0 Å². The van der Waals surface area contributed by atoms with Crippen LogP contribution in [0.1, 0.15) is 41.2 Å². The van der Waals surface area contributed by atoms with Crippen LogP contribution in [0.3, 0.4) is 0 Å². The lowest BCUT2D eigenvalue weighted by molar-refractivity contribution is 0.103. The summed E-state index contributed by atoms with van der Waals surface area (Å²) in [4.78, 5) is 0. The summed E-state index contributed by atoms with van der Waals surface area (Å²) in [6, 6.07) is 6.34. The zero-order chi connectivity index (χ0) is 19.5. The lowest BCUT2D eigenvalue weighted by atomic mass is 9.89. The van der Waals surface area contributed by atoms with Crippen molar-refractivity contribution in [1.82, 2.24) is 0 Å². The molecule has 26 heavy (non-hydrogen) atoms. The first-order chi connectivity index (χ1) is 12.1. The van der Waals surface area contributed by atoms with Crippen LogP contribution in [0.5, 0.6) is 17.2 Å². The maximum absolute atomic E-state index is 10.7. The van der Waals surface area contributed by atoms with E-state index in [-0.39, 0.29) is 11.5 Å². The lowest BCUT2D eigenvalue weighted by Gasteiger charge is -2.22. The summed E-state index contributed by atoms with van der Waals surface area (Å²) < 4.78 is 5.41. The molecule has 2 aromatic rings. The Morgan fingerprint density at radius 3 is 2.42 bits per heavy atom. The maximum atomic E-state index is 10.7. The Bertz CT molecular complexity index is 819. The van der Waals surface area contributed by atoms with Gasteiger partial charge in [-0.25, -0.2) is 0 Å². The van der Waals surface area contributed by atoms with Gasteiger partial charge in [0.25, 0.3) is 0 Å². The monoisotopic (exact) mass is 356 g/mol. The van der Waals surface area contributed by atoms with Crippen molar-refractivity contribution in [3.8, 4) is 17.2 Å². The quantitative estimate of drug-likeness (QED) is 0.670. The van der Waals surface area contributed by atoms with E-state index in [0.29, 0.717) is 12.0 Å². The first-order valence-corrected chi connectivity index (χ1v) is 8.72. The van der Waals surface area contributed by atoms with Gasteiger partial charge in [-0.2, -0.15) is 0 Å². The third kappa shape index (κ3) is 4.58. The molecule has 0 aliphatic heterocycles. The van der Waals surface area contributed by atoms with Crippen molar-refractivity contribution < 1.29 is 20.1 Å². The van der Waals surface area contributed by atoms with Gasteiger partial charge >= 0.3 is 0 Å². The molecule has 2 rings (SSSR count). The average Bonchev–Trinajstić information content (AvgIpc) is 2.58. The number of rotatable bonds is 6. The van der Waals surface area contributed by atoms with Crippen LogP contribution < -0.4 is 4.74 Å². The maximum Gasteiger partial charge on any atom is 0.123 e. The number of phenols is 2. The zero-order valence-corrected chi connectivity index (χ0v) is 16.1. The fraction of sp³-hybridized carbons (Fsp3) is 0.364. The smallest absolute Gasteiger partial charge is 0.123 e. The number of phenolic OH excluding ortho intramolecular Hbond substituents is 2. The summed E-state index contributed by atoms with van der Waals surface area (Å²) in [7, 11) is 1.67. The molecule has 0 bridgehead atoms. The number of aryl methyl sites for hydroxylation is 1. The third-order valence-corrected chi connectivity index (χ3v) is 4.94. The largest absolute Gasteiger partial charge is 0.508 e. The number of hydrogen-bond acceptors (Lipinski definition) is 4. The number of aliphatic hydroxyl groups is 1. The molecule has 4 heteroatoms. The predicted octanol–water partition coefficient (Wildman–Crippen LogP) is 4.43. The molecule has 3 N–H and O–H groups in total. The minimum absolute atomic E-state index is 0.0623. The van der Waals surface area contributed by atoms with Crippen molar-refractivity contribution in [1.29, 1.82) is 0 Å². The summed E-state index contributed by atoms with van der Waals surface area (Å²) in [5.74, 6) is 1.02. The van der Waals surface area contributed by atoms with Crippen LogP contribution in [-0.4, -0.2) is 28.0 Å². The summed E-state index contributed by atoms with van der Waals surface area (Å²) in [5, 5.41) is 30.1. The van der Waals surface area contributed by atoms with Gasteiger partial charge in [0, 0.05) is 5.56 Å². The fourth-order valence-corrected chi connectivity index (χ4v) is 3.10. The molecule has 4 nitrogen and oxygen atoms in total. The number of hydrogen-bond donors (Lipinski definition) is 3. The van der Waals surface area contributed by atoms with Crippen molar-refractivity contribution in [2.75, 3.05) is 7.11 Å². The fourth-order valence-electron chi connectivity index (χ4n) is 3.10. The Balaban J connectivity index is 2.17. The zero-order valence-electron chi connectivity index (χ0n) is 16.1. The number of methoxy groups -OCH3 is 1. The predicted molar refractivity (Wildman–Crippen MR) is 105 cm³/mol. The second-order valence-corrected chi connectivity index (χ2v) is 7.06. The molecule has 0 radical (unpaired) electrons. The Kier molecular flexibility index (Phi) is 5.98. The van der Waals surface area contributed by atoms with Crippen LogP contribution in [0.4, 0.5) is 0 Å². The van der Waals surface area contributed by atoms with E-state index in [0.717, 1.165) is 23.3 Å². The van der Waals surface area contributed by atoms with Crippen LogP contribution in [-0.2, 0) is 6.42 Å². The Morgan fingerprint density at radius 2 is 1.77 bits per heavy atom. The second kappa shape index (κ2) is 7.83. The Labute approximate surface area is 155 Å². The van der Waals surface area contributed by atoms with E-state index in [2.05, 4.69) is 13.8 Å². The van der Waals surface area contributed by atoms with Gasteiger partial charge in [0.15, 0.2) is 0 Å². The van der Waals surface area contributed by atoms with Gasteiger partial charge < -0.3 is 20.1 Å². The van der Waals surface area contributed by atoms with E-state index in [1.807, 2.05) is 13.0 Å². The molecule has 140 valence electrons. The van der Waals surface area contributed by atoms with Crippen LogP contribution in [0.2, 0.25) is 0 Å². The summed E-state index contributed by atoms with van der Waals surface area (Å²) >= 11 is 0. The highest BCUT2D eigenvalue weighted by Gasteiger charge is 2.19. The van der Waals surface area contributed by atoms with Crippen LogP contribution in [0, 0.1) is 20.8 Å². The topological polar surface area (TPSA) is 69.9 Å². The molecule has 1 atom stereocenters. The van der Waals surface area contributed by atoms with E-state index in [9.17, 15) is 15.3 Å². The average molecular weight is 356 g/mol. The highest BCUT2D eigenvalue weighted by molar-refractivity contribution is 5.59. The molecule has 0 saturated carbocycles. The summed E-state index contributed by atoms with van der Waals surface area (Å²) in [6.45, 7) is 7.92.